The number of benzene rings is 1. The molecule has 190 valence electrons. The summed E-state index contributed by atoms with van der Waals surface area (Å²) in [5, 5.41) is 0. The van der Waals surface area contributed by atoms with Gasteiger partial charge in [-0.1, -0.05) is 25.5 Å². The van der Waals surface area contributed by atoms with Crippen LogP contribution in [-0.2, 0) is 20.9 Å². The highest BCUT2D eigenvalue weighted by molar-refractivity contribution is 5.78. The number of esters is 1. The fraction of sp³-hybridized carbons (Fsp3) is 0.655. The van der Waals surface area contributed by atoms with Crippen molar-refractivity contribution < 1.29 is 23.8 Å². The average molecular weight is 482 g/mol. The molecule has 6 atom stereocenters. The van der Waals surface area contributed by atoms with E-state index in [0.29, 0.717) is 24.8 Å². The van der Waals surface area contributed by atoms with Crippen LogP contribution in [0.3, 0.4) is 0 Å². The largest absolute Gasteiger partial charge is 0.497 e. The third kappa shape index (κ3) is 3.66. The Labute approximate surface area is 209 Å². The van der Waals surface area contributed by atoms with Crippen molar-refractivity contribution in [2.45, 2.75) is 71.4 Å². The van der Waals surface area contributed by atoms with Crippen molar-refractivity contribution in [1.29, 1.82) is 0 Å². The summed E-state index contributed by atoms with van der Waals surface area (Å²) in [6.07, 6.45) is 8.93. The van der Waals surface area contributed by atoms with Gasteiger partial charge in [0.15, 0.2) is 0 Å². The van der Waals surface area contributed by atoms with Gasteiger partial charge in [-0.2, -0.15) is 0 Å². The highest BCUT2D eigenvalue weighted by Gasteiger charge is 2.60. The maximum Gasteiger partial charge on any atom is 0.309 e. The summed E-state index contributed by atoms with van der Waals surface area (Å²) in [5.41, 5.74) is 2.59. The molecule has 3 fully saturated rings. The quantitative estimate of drug-likeness (QED) is 0.430. The van der Waals surface area contributed by atoms with Crippen LogP contribution in [-0.4, -0.2) is 44.1 Å². The van der Waals surface area contributed by atoms with Crippen LogP contribution in [0.15, 0.2) is 29.8 Å². The number of fused-ring (bicyclic) bond motifs is 5. The number of allylic oxidation sites excluding steroid dienone is 1. The van der Waals surface area contributed by atoms with E-state index in [1.165, 1.54) is 7.11 Å². The summed E-state index contributed by atoms with van der Waals surface area (Å²) in [4.78, 5) is 27.9. The first kappa shape index (κ1) is 24.2. The van der Waals surface area contributed by atoms with Gasteiger partial charge < -0.3 is 19.1 Å². The van der Waals surface area contributed by atoms with Gasteiger partial charge in [0.2, 0.25) is 5.91 Å². The molecule has 3 aliphatic carbocycles. The van der Waals surface area contributed by atoms with Crippen molar-refractivity contribution in [2.75, 3.05) is 21.3 Å². The second-order valence-electron chi connectivity index (χ2n) is 11.5. The van der Waals surface area contributed by atoms with Crippen LogP contribution in [0.2, 0.25) is 0 Å². The van der Waals surface area contributed by atoms with Gasteiger partial charge in [-0.15, -0.1) is 0 Å². The topological polar surface area (TPSA) is 65.1 Å². The molecule has 35 heavy (non-hydrogen) atoms. The smallest absolute Gasteiger partial charge is 0.309 e. The van der Waals surface area contributed by atoms with E-state index in [2.05, 4.69) is 24.8 Å². The molecule has 6 heteroatoms. The van der Waals surface area contributed by atoms with Crippen molar-refractivity contribution in [1.82, 2.24) is 4.90 Å². The van der Waals surface area contributed by atoms with Crippen LogP contribution in [0, 0.1) is 28.6 Å². The van der Waals surface area contributed by atoms with Gasteiger partial charge in [0.25, 0.3) is 0 Å². The molecule has 0 spiro atoms. The number of likely N-dealkylation sites (tertiary alicyclic amines) is 1. The predicted molar refractivity (Wildman–Crippen MR) is 133 cm³/mol. The molecule has 1 aromatic rings. The lowest BCUT2D eigenvalue weighted by atomic mass is 9.50. The lowest BCUT2D eigenvalue weighted by Gasteiger charge is -2.59. The Balaban J connectivity index is 1.45. The number of hydrogen-bond acceptors (Lipinski definition) is 5. The minimum absolute atomic E-state index is 0.00292. The summed E-state index contributed by atoms with van der Waals surface area (Å²) in [6.45, 7) is 5.27. The molecular weight excluding hydrogens is 442 g/mol. The van der Waals surface area contributed by atoms with Gasteiger partial charge in [0.1, 0.15) is 11.5 Å². The molecule has 2 saturated carbocycles. The SMILES string of the molecule is COC(=O)C1CC[C@H]2C3=CCC4N(Cc5ccc(OC)cc5OC)C(=O)CC[C@]4(C)[C@@H]3CC[C@]12C. The summed E-state index contributed by atoms with van der Waals surface area (Å²) in [6, 6.07) is 6.01. The molecule has 1 amide bonds. The zero-order valence-electron chi connectivity index (χ0n) is 21.8. The second kappa shape index (κ2) is 8.86. The van der Waals surface area contributed by atoms with E-state index in [0.717, 1.165) is 55.6 Å². The number of carbonyl (C=O) groups is 2. The standard InChI is InChI=1S/C29H39NO5/c1-28-14-12-22-20(21(28)9-10-23(28)27(32)35-5)8-11-25-29(22,2)15-13-26(31)30(25)17-18-6-7-19(33-3)16-24(18)34-4/h6-8,16,21-23,25H,9-15,17H2,1-5H3/t21-,22+,23?,25?,28-,29+/m0/s1. The van der Waals surface area contributed by atoms with Crippen LogP contribution in [0.5, 0.6) is 11.5 Å². The average Bonchev–Trinajstić information content (AvgIpc) is 3.22. The Kier molecular flexibility index (Phi) is 6.13. The fourth-order valence-corrected chi connectivity index (χ4v) is 8.15. The highest BCUT2D eigenvalue weighted by atomic mass is 16.5. The van der Waals surface area contributed by atoms with Gasteiger partial charge in [-0.3, -0.25) is 9.59 Å². The number of methoxy groups -OCH3 is 3. The first-order valence-corrected chi connectivity index (χ1v) is 13.0. The van der Waals surface area contributed by atoms with Gasteiger partial charge in [-0.05, 0) is 73.3 Å². The van der Waals surface area contributed by atoms with Crippen molar-refractivity contribution in [3.05, 3.63) is 35.4 Å². The number of piperidine rings is 1. The van der Waals surface area contributed by atoms with Gasteiger partial charge in [-0.25, -0.2) is 0 Å². The molecule has 1 saturated heterocycles. The highest BCUT2D eigenvalue weighted by Crippen LogP contribution is 2.64. The van der Waals surface area contributed by atoms with E-state index in [9.17, 15) is 9.59 Å². The van der Waals surface area contributed by atoms with E-state index in [1.54, 1.807) is 19.8 Å². The molecule has 2 unspecified atom stereocenters. The molecule has 0 radical (unpaired) electrons. The van der Waals surface area contributed by atoms with Crippen LogP contribution in [0.4, 0.5) is 0 Å². The Morgan fingerprint density at radius 2 is 1.80 bits per heavy atom. The molecule has 0 bridgehead atoms. The van der Waals surface area contributed by atoms with Crippen LogP contribution in [0.1, 0.15) is 64.4 Å². The number of hydrogen-bond donors (Lipinski definition) is 0. The van der Waals surface area contributed by atoms with Crippen molar-refractivity contribution in [2.24, 2.45) is 28.6 Å². The zero-order valence-corrected chi connectivity index (χ0v) is 21.8. The van der Waals surface area contributed by atoms with Gasteiger partial charge >= 0.3 is 5.97 Å². The molecule has 4 aliphatic rings. The molecule has 0 aromatic heterocycles. The molecule has 1 aliphatic heterocycles. The molecular formula is C29H39NO5. The summed E-state index contributed by atoms with van der Waals surface area (Å²) in [5.74, 6) is 2.59. The Morgan fingerprint density at radius 1 is 1.03 bits per heavy atom. The number of rotatable bonds is 5. The normalized spacial score (nSPS) is 36.0. The summed E-state index contributed by atoms with van der Waals surface area (Å²) >= 11 is 0. The summed E-state index contributed by atoms with van der Waals surface area (Å²) in [7, 11) is 4.83. The molecule has 1 heterocycles. The van der Waals surface area contributed by atoms with E-state index in [1.807, 2.05) is 18.2 Å². The van der Waals surface area contributed by atoms with E-state index in [-0.39, 0.29) is 34.7 Å². The van der Waals surface area contributed by atoms with Crippen LogP contribution in [0.25, 0.3) is 0 Å². The van der Waals surface area contributed by atoms with E-state index >= 15 is 0 Å². The van der Waals surface area contributed by atoms with E-state index in [4.69, 9.17) is 14.2 Å². The minimum Gasteiger partial charge on any atom is -0.497 e. The Hall–Kier alpha value is -2.50. The molecule has 1 aromatic carbocycles. The number of carbonyl (C=O) groups excluding carboxylic acids is 2. The van der Waals surface area contributed by atoms with Crippen molar-refractivity contribution >= 4 is 11.9 Å². The minimum atomic E-state index is -0.0446. The number of ether oxygens (including phenoxy) is 3. The zero-order chi connectivity index (χ0) is 25.0. The van der Waals surface area contributed by atoms with Crippen molar-refractivity contribution in [3.63, 3.8) is 0 Å². The maximum absolute atomic E-state index is 13.3. The Bertz CT molecular complexity index is 1050. The fourth-order valence-electron chi connectivity index (χ4n) is 8.15. The molecule has 0 N–H and O–H groups in total. The second-order valence-corrected chi connectivity index (χ2v) is 11.5. The predicted octanol–water partition coefficient (Wildman–Crippen LogP) is 5.15. The molecule has 5 rings (SSSR count). The van der Waals surface area contributed by atoms with Gasteiger partial charge in [0, 0.05) is 30.6 Å². The first-order chi connectivity index (χ1) is 16.8. The van der Waals surface area contributed by atoms with E-state index < -0.39 is 0 Å². The first-order valence-electron chi connectivity index (χ1n) is 13.0. The lowest BCUT2D eigenvalue weighted by Crippen LogP contribution is -2.59. The van der Waals surface area contributed by atoms with Gasteiger partial charge in [0.05, 0.1) is 27.2 Å². The third-order valence-corrected chi connectivity index (χ3v) is 10.1. The Morgan fingerprint density at radius 3 is 2.51 bits per heavy atom. The monoisotopic (exact) mass is 481 g/mol. The third-order valence-electron chi connectivity index (χ3n) is 10.1. The molecule has 6 nitrogen and oxygen atoms in total. The maximum atomic E-state index is 13.3. The van der Waals surface area contributed by atoms with Crippen molar-refractivity contribution in [3.8, 4) is 11.5 Å². The summed E-state index contributed by atoms with van der Waals surface area (Å²) < 4.78 is 16.2. The number of nitrogens with zero attached hydrogens (tertiary/aromatic N) is 1. The number of amides is 1. The van der Waals surface area contributed by atoms with Crippen LogP contribution < -0.4 is 9.47 Å². The van der Waals surface area contributed by atoms with Crippen LogP contribution >= 0.6 is 0 Å². The lowest BCUT2D eigenvalue weighted by molar-refractivity contribution is -0.152.